The van der Waals surface area contributed by atoms with Crippen LogP contribution in [0.2, 0.25) is 0 Å². The number of aromatic nitrogens is 2. The Hall–Kier alpha value is -2.49. The van der Waals surface area contributed by atoms with Crippen LogP contribution < -0.4 is 5.32 Å². The van der Waals surface area contributed by atoms with Gasteiger partial charge in [-0.3, -0.25) is 24.8 Å². The number of carboxylic acids is 1. The van der Waals surface area contributed by atoms with Crippen molar-refractivity contribution in [2.75, 3.05) is 5.32 Å². The molecule has 1 amide bonds. The van der Waals surface area contributed by atoms with E-state index in [9.17, 15) is 14.9 Å². The van der Waals surface area contributed by atoms with Crippen LogP contribution in [0.5, 0.6) is 0 Å². The monoisotopic (exact) mass is 386 g/mol. The molecule has 0 atom stereocenters. The van der Waals surface area contributed by atoms with Gasteiger partial charge in [0.15, 0.2) is 5.82 Å². The molecule has 2 aromatic rings. The number of nitrogens with zero attached hydrogens (tertiary/aromatic N) is 2. The fourth-order valence-corrected chi connectivity index (χ4v) is 2.17. The molecule has 0 aliphatic heterocycles. The zero-order valence-corrected chi connectivity index (χ0v) is 14.0. The fourth-order valence-electron chi connectivity index (χ4n) is 1.68. The number of nitro benzene ring substituents is 1. The SMILES string of the molecule is CC(=O)O.CCCC(=O)Nc1n[nH]c2cc(Br)c([N+](=O)[O-])cc12. The average Bonchev–Trinajstić information content (AvgIpc) is 2.79. The molecule has 0 saturated heterocycles. The lowest BCUT2D eigenvalue weighted by Crippen LogP contribution is -2.11. The van der Waals surface area contributed by atoms with E-state index in [0.29, 0.717) is 27.6 Å². The van der Waals surface area contributed by atoms with E-state index in [1.165, 1.54) is 6.07 Å². The van der Waals surface area contributed by atoms with Crippen LogP contribution in [-0.2, 0) is 9.59 Å². The van der Waals surface area contributed by atoms with E-state index in [1.54, 1.807) is 6.07 Å². The van der Waals surface area contributed by atoms with Gasteiger partial charge in [0.1, 0.15) is 0 Å². The largest absolute Gasteiger partial charge is 0.481 e. The molecule has 9 nitrogen and oxygen atoms in total. The first-order chi connectivity index (χ1) is 10.8. The summed E-state index contributed by atoms with van der Waals surface area (Å²) in [7, 11) is 0. The minimum absolute atomic E-state index is 0.0695. The summed E-state index contributed by atoms with van der Waals surface area (Å²) in [6.45, 7) is 2.98. The molecule has 0 radical (unpaired) electrons. The minimum Gasteiger partial charge on any atom is -0.481 e. The van der Waals surface area contributed by atoms with Crippen molar-refractivity contribution in [3.05, 3.63) is 26.7 Å². The molecule has 3 N–H and O–H groups in total. The number of benzene rings is 1. The Balaban J connectivity index is 0.000000593. The van der Waals surface area contributed by atoms with Gasteiger partial charge < -0.3 is 10.4 Å². The summed E-state index contributed by atoms with van der Waals surface area (Å²) in [5.41, 5.74) is 0.546. The maximum atomic E-state index is 11.5. The molecule has 0 spiro atoms. The highest BCUT2D eigenvalue weighted by molar-refractivity contribution is 9.10. The summed E-state index contributed by atoms with van der Waals surface area (Å²) >= 11 is 3.13. The predicted molar refractivity (Wildman–Crippen MR) is 87.3 cm³/mol. The number of nitro groups is 1. The minimum atomic E-state index is -0.833. The number of H-pyrrole nitrogens is 1. The van der Waals surface area contributed by atoms with Gasteiger partial charge in [-0.15, -0.1) is 0 Å². The second-order valence-corrected chi connectivity index (χ2v) is 5.35. The highest BCUT2D eigenvalue weighted by Crippen LogP contribution is 2.32. The highest BCUT2D eigenvalue weighted by atomic mass is 79.9. The van der Waals surface area contributed by atoms with Crippen LogP contribution in [0.25, 0.3) is 10.9 Å². The topological polar surface area (TPSA) is 138 Å². The molecule has 0 saturated carbocycles. The Morgan fingerprint density at radius 2 is 2.09 bits per heavy atom. The number of hydrogen-bond donors (Lipinski definition) is 3. The zero-order valence-electron chi connectivity index (χ0n) is 12.4. The van der Waals surface area contributed by atoms with Gasteiger partial charge in [-0.05, 0) is 28.4 Å². The Bertz CT molecular complexity index is 739. The summed E-state index contributed by atoms with van der Waals surface area (Å²) in [6, 6.07) is 2.94. The Kier molecular flexibility index (Phi) is 6.64. The number of nitrogens with one attached hydrogen (secondary N) is 2. The van der Waals surface area contributed by atoms with Crippen LogP contribution in [0.1, 0.15) is 26.7 Å². The number of aromatic amines is 1. The second kappa shape index (κ2) is 8.22. The Morgan fingerprint density at radius 1 is 1.48 bits per heavy atom. The molecule has 23 heavy (non-hydrogen) atoms. The number of carboxylic acid groups (broad SMARTS) is 1. The van der Waals surface area contributed by atoms with E-state index in [4.69, 9.17) is 9.90 Å². The van der Waals surface area contributed by atoms with Gasteiger partial charge in [-0.25, -0.2) is 0 Å². The number of carbonyl (C=O) groups excluding carboxylic acids is 1. The van der Waals surface area contributed by atoms with E-state index in [2.05, 4.69) is 31.4 Å². The number of aliphatic carboxylic acids is 1. The molecular formula is C13H15BrN4O5. The second-order valence-electron chi connectivity index (χ2n) is 4.50. The number of carbonyl (C=O) groups is 2. The van der Waals surface area contributed by atoms with Crippen molar-refractivity contribution in [1.29, 1.82) is 0 Å². The molecular weight excluding hydrogens is 372 g/mol. The van der Waals surface area contributed by atoms with Gasteiger partial charge >= 0.3 is 0 Å². The lowest BCUT2D eigenvalue weighted by molar-refractivity contribution is -0.385. The predicted octanol–water partition coefficient (Wildman–Crippen LogP) is 3.06. The van der Waals surface area contributed by atoms with E-state index < -0.39 is 10.9 Å². The third-order valence-electron chi connectivity index (χ3n) is 2.56. The first-order valence-corrected chi connectivity index (χ1v) is 7.37. The van der Waals surface area contributed by atoms with Gasteiger partial charge in [-0.2, -0.15) is 5.10 Å². The molecule has 1 aromatic heterocycles. The Morgan fingerprint density at radius 3 is 2.61 bits per heavy atom. The standard InChI is InChI=1S/C11H11BrN4O3.C2H4O2/c1-2-3-10(17)13-11-6-4-9(16(18)19)7(12)5-8(6)14-15-11;1-2(3)4/h4-5H,2-3H2,1H3,(H2,13,14,15,17);1H3,(H,3,4). The zero-order chi connectivity index (χ0) is 17.6. The van der Waals surface area contributed by atoms with Crippen molar-refractivity contribution in [1.82, 2.24) is 10.2 Å². The summed E-state index contributed by atoms with van der Waals surface area (Å²) in [5, 5.41) is 28.1. The van der Waals surface area contributed by atoms with Crippen molar-refractivity contribution in [3.63, 3.8) is 0 Å². The molecule has 124 valence electrons. The smallest absolute Gasteiger partial charge is 0.300 e. The highest BCUT2D eigenvalue weighted by Gasteiger charge is 2.17. The van der Waals surface area contributed by atoms with Crippen LogP contribution in [0.3, 0.4) is 0 Å². The number of halogens is 1. The number of fused-ring (bicyclic) bond motifs is 1. The van der Waals surface area contributed by atoms with Gasteiger partial charge in [0.05, 0.1) is 20.3 Å². The number of anilines is 1. The molecule has 0 fully saturated rings. The molecule has 10 heteroatoms. The summed E-state index contributed by atoms with van der Waals surface area (Å²) in [5.74, 6) is -0.689. The molecule has 0 unspecified atom stereocenters. The van der Waals surface area contributed by atoms with Crippen LogP contribution in [0, 0.1) is 10.1 Å². The average molecular weight is 387 g/mol. The number of hydrogen-bond acceptors (Lipinski definition) is 5. The van der Waals surface area contributed by atoms with Crippen LogP contribution in [-0.4, -0.2) is 32.1 Å². The molecule has 2 rings (SSSR count). The van der Waals surface area contributed by atoms with Crippen LogP contribution >= 0.6 is 15.9 Å². The molecule has 0 aliphatic rings. The van der Waals surface area contributed by atoms with E-state index in [0.717, 1.165) is 13.3 Å². The quantitative estimate of drug-likeness (QED) is 0.544. The molecule has 1 aromatic carbocycles. The van der Waals surface area contributed by atoms with Crippen molar-refractivity contribution < 1.29 is 19.6 Å². The molecule has 0 aliphatic carbocycles. The summed E-state index contributed by atoms with van der Waals surface area (Å²) in [6.07, 6.45) is 1.10. The van der Waals surface area contributed by atoms with Crippen molar-refractivity contribution in [2.45, 2.75) is 26.7 Å². The number of rotatable bonds is 4. The third kappa shape index (κ3) is 5.33. The molecule has 1 heterocycles. The van der Waals surface area contributed by atoms with Gasteiger partial charge in [0.25, 0.3) is 11.7 Å². The Labute approximate surface area is 139 Å². The maximum Gasteiger partial charge on any atom is 0.300 e. The lowest BCUT2D eigenvalue weighted by atomic mass is 10.2. The first kappa shape index (κ1) is 18.6. The van der Waals surface area contributed by atoms with Crippen molar-refractivity contribution in [3.8, 4) is 0 Å². The van der Waals surface area contributed by atoms with E-state index in [1.807, 2.05) is 6.92 Å². The molecule has 0 bridgehead atoms. The van der Waals surface area contributed by atoms with Gasteiger partial charge in [-0.1, -0.05) is 6.92 Å². The fraction of sp³-hybridized carbons (Fsp3) is 0.308. The van der Waals surface area contributed by atoms with Crippen LogP contribution in [0.15, 0.2) is 16.6 Å². The normalized spacial score (nSPS) is 9.87. The van der Waals surface area contributed by atoms with Crippen molar-refractivity contribution in [2.24, 2.45) is 0 Å². The number of amides is 1. The van der Waals surface area contributed by atoms with E-state index >= 15 is 0 Å². The first-order valence-electron chi connectivity index (χ1n) is 6.57. The van der Waals surface area contributed by atoms with Crippen molar-refractivity contribution >= 4 is 50.2 Å². The summed E-state index contributed by atoms with van der Waals surface area (Å²) in [4.78, 5) is 30.9. The maximum absolute atomic E-state index is 11.5. The lowest BCUT2D eigenvalue weighted by Gasteiger charge is -2.01. The third-order valence-corrected chi connectivity index (χ3v) is 3.20. The van der Waals surface area contributed by atoms with Gasteiger partial charge in [0.2, 0.25) is 5.91 Å². The van der Waals surface area contributed by atoms with Crippen LogP contribution in [0.4, 0.5) is 11.5 Å². The van der Waals surface area contributed by atoms with Gasteiger partial charge in [0, 0.05) is 19.4 Å². The summed E-state index contributed by atoms with van der Waals surface area (Å²) < 4.78 is 0.361. The van der Waals surface area contributed by atoms with E-state index in [-0.39, 0.29) is 11.6 Å².